The Labute approximate surface area is 214 Å². The number of benzene rings is 2. The molecule has 0 bridgehead atoms. The normalized spacial score (nSPS) is 14.1. The number of amides is 1. The van der Waals surface area contributed by atoms with Crippen LogP contribution in [0, 0.1) is 5.92 Å². The van der Waals surface area contributed by atoms with E-state index >= 15 is 0 Å². The van der Waals surface area contributed by atoms with E-state index in [-0.39, 0.29) is 11.1 Å². The van der Waals surface area contributed by atoms with Crippen LogP contribution in [-0.4, -0.2) is 32.7 Å². The van der Waals surface area contributed by atoms with Crippen LogP contribution < -0.4 is 15.7 Å². The van der Waals surface area contributed by atoms with Crippen LogP contribution in [0.1, 0.15) is 67.7 Å². The largest absolute Gasteiger partial charge is 0.444 e. The molecule has 0 aromatic heterocycles. The van der Waals surface area contributed by atoms with Crippen LogP contribution in [0.3, 0.4) is 0 Å². The van der Waals surface area contributed by atoms with Gasteiger partial charge in [0, 0.05) is 0 Å². The molecule has 35 heavy (non-hydrogen) atoms. The maximum atomic E-state index is 12.8. The zero-order chi connectivity index (χ0) is 26.1. The highest BCUT2D eigenvalue weighted by Gasteiger charge is 2.50. The third-order valence-corrected chi connectivity index (χ3v) is 11.3. The fraction of sp³-hybridized carbons (Fsp3) is 0.500. The third-order valence-electron chi connectivity index (χ3n) is 6.33. The van der Waals surface area contributed by atoms with E-state index in [0.717, 1.165) is 19.3 Å². The molecule has 2 aromatic rings. The lowest BCUT2D eigenvalue weighted by atomic mass is 9.94. The Morgan fingerprint density at radius 3 is 1.89 bits per heavy atom. The predicted octanol–water partition coefficient (Wildman–Crippen LogP) is 6.45. The van der Waals surface area contributed by atoms with Crippen molar-refractivity contribution in [3.05, 3.63) is 73.3 Å². The molecular formula is C30H45NO3Si. The number of nitrogens with one attached hydrogen (secondary N) is 1. The smallest absolute Gasteiger partial charge is 0.407 e. The van der Waals surface area contributed by atoms with Gasteiger partial charge in [-0.25, -0.2) is 4.79 Å². The highest BCUT2D eigenvalue weighted by Crippen LogP contribution is 2.37. The van der Waals surface area contributed by atoms with Gasteiger partial charge in [-0.15, -0.1) is 6.58 Å². The van der Waals surface area contributed by atoms with Crippen LogP contribution in [0.2, 0.25) is 5.04 Å². The highest BCUT2D eigenvalue weighted by molar-refractivity contribution is 6.99. The molecule has 2 rings (SSSR count). The Bertz CT molecular complexity index is 877. The molecule has 0 spiro atoms. The van der Waals surface area contributed by atoms with Gasteiger partial charge in [-0.2, -0.15) is 0 Å². The molecule has 4 nitrogen and oxygen atoms in total. The van der Waals surface area contributed by atoms with Gasteiger partial charge in [-0.05, 0) is 54.9 Å². The first-order valence-electron chi connectivity index (χ1n) is 12.8. The SMILES string of the molecule is C=CC[C@@H](CC)C[C@@H](CO[Si](c1ccccc1)(c1ccccc1)C(C)(C)C)NC(=O)OC(C)(C)C. The van der Waals surface area contributed by atoms with Gasteiger partial charge in [0.15, 0.2) is 0 Å². The van der Waals surface area contributed by atoms with E-state index in [2.05, 4.69) is 88.1 Å². The Kier molecular flexibility index (Phi) is 10.3. The van der Waals surface area contributed by atoms with Crippen molar-refractivity contribution in [2.24, 2.45) is 5.92 Å². The average molecular weight is 496 g/mol. The summed E-state index contributed by atoms with van der Waals surface area (Å²) in [6, 6.07) is 21.0. The number of rotatable bonds is 11. The molecular weight excluding hydrogens is 450 g/mol. The van der Waals surface area contributed by atoms with Crippen LogP contribution in [-0.2, 0) is 9.16 Å². The lowest BCUT2D eigenvalue weighted by Crippen LogP contribution is -2.67. The van der Waals surface area contributed by atoms with E-state index in [1.807, 2.05) is 39.0 Å². The molecule has 5 heteroatoms. The third kappa shape index (κ3) is 8.08. The van der Waals surface area contributed by atoms with Gasteiger partial charge in [0.05, 0.1) is 12.6 Å². The first-order chi connectivity index (χ1) is 16.4. The Morgan fingerprint density at radius 1 is 0.971 bits per heavy atom. The number of carbonyl (C=O) groups excluding carboxylic acids is 1. The second-order valence-corrected chi connectivity index (χ2v) is 15.7. The molecule has 0 heterocycles. The summed E-state index contributed by atoms with van der Waals surface area (Å²) in [6.07, 6.45) is 4.28. The monoisotopic (exact) mass is 495 g/mol. The van der Waals surface area contributed by atoms with Crippen molar-refractivity contribution >= 4 is 24.8 Å². The molecule has 0 aliphatic heterocycles. The molecule has 0 aliphatic carbocycles. The molecule has 0 saturated heterocycles. The zero-order valence-corrected chi connectivity index (χ0v) is 23.8. The van der Waals surface area contributed by atoms with Crippen molar-refractivity contribution in [2.45, 2.75) is 84.4 Å². The van der Waals surface area contributed by atoms with Gasteiger partial charge in [0.1, 0.15) is 5.60 Å². The van der Waals surface area contributed by atoms with Crippen molar-refractivity contribution < 1.29 is 14.0 Å². The van der Waals surface area contributed by atoms with Crippen LogP contribution in [0.4, 0.5) is 4.79 Å². The first-order valence-corrected chi connectivity index (χ1v) is 14.7. The van der Waals surface area contributed by atoms with Crippen LogP contribution >= 0.6 is 0 Å². The maximum absolute atomic E-state index is 12.8. The number of hydrogen-bond acceptors (Lipinski definition) is 3. The van der Waals surface area contributed by atoms with Gasteiger partial charge >= 0.3 is 6.09 Å². The molecule has 1 N–H and O–H groups in total. The summed E-state index contributed by atoms with van der Waals surface area (Å²) in [5, 5.41) is 5.46. The summed E-state index contributed by atoms with van der Waals surface area (Å²) in [4.78, 5) is 12.8. The predicted molar refractivity (Wildman–Crippen MR) is 150 cm³/mol. The minimum absolute atomic E-state index is 0.128. The fourth-order valence-corrected chi connectivity index (χ4v) is 9.30. The number of carbonyl (C=O) groups is 1. The first kappa shape index (κ1) is 28.9. The van der Waals surface area contributed by atoms with E-state index in [9.17, 15) is 4.79 Å². The molecule has 192 valence electrons. The fourth-order valence-electron chi connectivity index (χ4n) is 4.70. The molecule has 0 saturated carbocycles. The van der Waals surface area contributed by atoms with Gasteiger partial charge in [0.2, 0.25) is 0 Å². The minimum Gasteiger partial charge on any atom is -0.444 e. The van der Waals surface area contributed by atoms with E-state index in [4.69, 9.17) is 9.16 Å². The van der Waals surface area contributed by atoms with Crippen LogP contribution in [0.15, 0.2) is 73.3 Å². The minimum atomic E-state index is -2.70. The summed E-state index contributed by atoms with van der Waals surface area (Å²) in [6.45, 7) is 19.0. The zero-order valence-electron chi connectivity index (χ0n) is 22.8. The summed E-state index contributed by atoms with van der Waals surface area (Å²) in [5.41, 5.74) is -0.557. The van der Waals surface area contributed by atoms with E-state index in [0.29, 0.717) is 12.5 Å². The van der Waals surface area contributed by atoms with Crippen LogP contribution in [0.5, 0.6) is 0 Å². The number of allylic oxidation sites excluding steroid dienone is 1. The number of ether oxygens (including phenoxy) is 1. The summed E-state index contributed by atoms with van der Waals surface area (Å²) in [5.74, 6) is 0.412. The van der Waals surface area contributed by atoms with E-state index in [1.54, 1.807) is 0 Å². The van der Waals surface area contributed by atoms with E-state index < -0.39 is 20.0 Å². The maximum Gasteiger partial charge on any atom is 0.407 e. The second kappa shape index (κ2) is 12.5. The Hall–Kier alpha value is -2.37. The van der Waals surface area contributed by atoms with Crippen molar-refractivity contribution in [2.75, 3.05) is 6.61 Å². The van der Waals surface area contributed by atoms with Crippen molar-refractivity contribution in [3.8, 4) is 0 Å². The summed E-state index contributed by atoms with van der Waals surface area (Å²) >= 11 is 0. The molecule has 0 unspecified atom stereocenters. The Morgan fingerprint density at radius 2 is 1.49 bits per heavy atom. The molecule has 0 fully saturated rings. The van der Waals surface area contributed by atoms with Gasteiger partial charge in [0.25, 0.3) is 8.32 Å². The second-order valence-electron chi connectivity index (χ2n) is 11.4. The van der Waals surface area contributed by atoms with Gasteiger partial charge < -0.3 is 14.5 Å². The standard InChI is InChI=1S/C30H45NO3Si/c1-9-17-24(10-2)22-25(31-28(32)34-29(3,4)5)23-33-35(30(6,7)8,26-18-13-11-14-19-26)27-20-15-12-16-21-27/h9,11-16,18-21,24-25H,1,10,17,22-23H2,2-8H3,(H,31,32)/t24-,25+/m1/s1. The van der Waals surface area contributed by atoms with Crippen LogP contribution in [0.25, 0.3) is 0 Å². The number of alkyl carbamates (subject to hydrolysis) is 1. The highest BCUT2D eigenvalue weighted by atomic mass is 28.4. The average Bonchev–Trinajstić information content (AvgIpc) is 2.78. The van der Waals surface area contributed by atoms with Gasteiger partial charge in [-0.3, -0.25) is 0 Å². The lowest BCUT2D eigenvalue weighted by Gasteiger charge is -2.44. The van der Waals surface area contributed by atoms with E-state index in [1.165, 1.54) is 10.4 Å². The molecule has 1 amide bonds. The topological polar surface area (TPSA) is 47.6 Å². The number of hydrogen-bond donors (Lipinski definition) is 1. The molecule has 0 radical (unpaired) electrons. The molecule has 2 atom stereocenters. The van der Waals surface area contributed by atoms with Crippen molar-refractivity contribution in [3.63, 3.8) is 0 Å². The summed E-state index contributed by atoms with van der Waals surface area (Å²) in [7, 11) is -2.70. The molecule has 0 aliphatic rings. The molecule has 2 aromatic carbocycles. The quantitative estimate of drug-likeness (QED) is 0.288. The van der Waals surface area contributed by atoms with Gasteiger partial charge in [-0.1, -0.05) is 101 Å². The van der Waals surface area contributed by atoms with Crippen molar-refractivity contribution in [1.82, 2.24) is 5.32 Å². The summed E-state index contributed by atoms with van der Waals surface area (Å²) < 4.78 is 12.7. The van der Waals surface area contributed by atoms with Crippen molar-refractivity contribution in [1.29, 1.82) is 0 Å². The Balaban J connectivity index is 2.46. The lowest BCUT2D eigenvalue weighted by molar-refractivity contribution is 0.0476.